The Hall–Kier alpha value is -2.95. The van der Waals surface area contributed by atoms with Crippen molar-refractivity contribution >= 4 is 5.91 Å². The average Bonchev–Trinajstić information content (AvgIpc) is 2.99. The molecule has 0 spiro atoms. The molecule has 102 valence electrons. The number of nitriles is 1. The summed E-state index contributed by atoms with van der Waals surface area (Å²) in [6.45, 7) is 1.53. The number of amides is 1. The van der Waals surface area contributed by atoms with E-state index < -0.39 is 0 Å². The van der Waals surface area contributed by atoms with E-state index in [1.807, 2.05) is 6.07 Å². The largest absolute Gasteiger partial charge is 0.482 e. The van der Waals surface area contributed by atoms with E-state index in [1.165, 1.54) is 0 Å². The highest BCUT2D eigenvalue weighted by atomic mass is 16.5. The second kappa shape index (κ2) is 6.29. The summed E-state index contributed by atoms with van der Waals surface area (Å²) in [5.41, 5.74) is 0.381. The minimum Gasteiger partial charge on any atom is -0.482 e. The Bertz CT molecular complexity index is 619. The van der Waals surface area contributed by atoms with Crippen molar-refractivity contribution in [3.8, 4) is 11.8 Å². The average molecular weight is 272 g/mol. The zero-order valence-corrected chi connectivity index (χ0v) is 10.7. The number of rotatable bonds is 5. The zero-order valence-electron chi connectivity index (χ0n) is 10.7. The van der Waals surface area contributed by atoms with Gasteiger partial charge in [0.2, 0.25) is 0 Å². The fourth-order valence-corrected chi connectivity index (χ4v) is 1.53. The maximum Gasteiger partial charge on any atom is 0.258 e. The maximum atomic E-state index is 11.7. The molecule has 20 heavy (non-hydrogen) atoms. The first-order valence-electron chi connectivity index (χ1n) is 5.85. The van der Waals surface area contributed by atoms with Gasteiger partial charge in [-0.15, -0.1) is 10.2 Å². The third-order valence-corrected chi connectivity index (χ3v) is 2.49. The van der Waals surface area contributed by atoms with Crippen LogP contribution in [0.2, 0.25) is 0 Å². The van der Waals surface area contributed by atoms with E-state index in [2.05, 4.69) is 25.9 Å². The van der Waals surface area contributed by atoms with Gasteiger partial charge < -0.3 is 10.1 Å². The molecule has 0 aliphatic heterocycles. The molecular formula is C12H12N6O2. The molecule has 2 aromatic rings. The van der Waals surface area contributed by atoms with E-state index in [-0.39, 0.29) is 18.6 Å². The van der Waals surface area contributed by atoms with Crippen molar-refractivity contribution in [1.82, 2.24) is 25.9 Å². The van der Waals surface area contributed by atoms with Crippen molar-refractivity contribution in [3.05, 3.63) is 35.7 Å². The number of H-pyrrole nitrogens is 1. The van der Waals surface area contributed by atoms with Crippen molar-refractivity contribution in [2.24, 2.45) is 0 Å². The van der Waals surface area contributed by atoms with Crippen LogP contribution in [0.3, 0.4) is 0 Å². The van der Waals surface area contributed by atoms with E-state index in [0.29, 0.717) is 17.1 Å². The van der Waals surface area contributed by atoms with Crippen LogP contribution >= 0.6 is 0 Å². The van der Waals surface area contributed by atoms with E-state index >= 15 is 0 Å². The number of hydrogen-bond acceptors (Lipinski definition) is 6. The maximum absolute atomic E-state index is 11.7. The highest BCUT2D eigenvalue weighted by Gasteiger charge is 2.14. The molecule has 1 unspecified atom stereocenters. The number of benzene rings is 1. The first-order valence-corrected chi connectivity index (χ1v) is 5.85. The summed E-state index contributed by atoms with van der Waals surface area (Å²) in [6, 6.07) is 8.33. The summed E-state index contributed by atoms with van der Waals surface area (Å²) >= 11 is 0. The summed E-state index contributed by atoms with van der Waals surface area (Å²) in [5, 5.41) is 24.8. The van der Waals surface area contributed by atoms with Gasteiger partial charge in [0.05, 0.1) is 11.6 Å². The minimum absolute atomic E-state index is 0.194. The Morgan fingerprint density at radius 2 is 2.35 bits per heavy atom. The number of carbonyl (C=O) groups is 1. The quantitative estimate of drug-likeness (QED) is 0.810. The van der Waals surface area contributed by atoms with Crippen LogP contribution in [0.5, 0.6) is 5.75 Å². The zero-order chi connectivity index (χ0) is 14.4. The van der Waals surface area contributed by atoms with E-state index in [1.54, 1.807) is 31.2 Å². The lowest BCUT2D eigenvalue weighted by Crippen LogP contribution is -2.31. The van der Waals surface area contributed by atoms with Gasteiger partial charge in [-0.3, -0.25) is 4.79 Å². The molecule has 0 saturated carbocycles. The third-order valence-electron chi connectivity index (χ3n) is 2.49. The van der Waals surface area contributed by atoms with Gasteiger partial charge in [0.25, 0.3) is 5.91 Å². The van der Waals surface area contributed by atoms with Crippen molar-refractivity contribution < 1.29 is 9.53 Å². The Balaban J connectivity index is 1.88. The number of ether oxygens (including phenoxy) is 1. The predicted octanol–water partition coefficient (Wildman–Crippen LogP) is 0.328. The molecule has 2 N–H and O–H groups in total. The molecule has 1 heterocycles. The first-order chi connectivity index (χ1) is 9.70. The Morgan fingerprint density at radius 3 is 3.05 bits per heavy atom. The van der Waals surface area contributed by atoms with Crippen LogP contribution < -0.4 is 10.1 Å². The van der Waals surface area contributed by atoms with Crippen LogP contribution in [0.15, 0.2) is 24.3 Å². The summed E-state index contributed by atoms with van der Waals surface area (Å²) in [5.74, 6) is 0.420. The van der Waals surface area contributed by atoms with Gasteiger partial charge in [-0.25, -0.2) is 0 Å². The molecule has 1 aromatic carbocycles. The van der Waals surface area contributed by atoms with Gasteiger partial charge in [-0.1, -0.05) is 17.3 Å². The topological polar surface area (TPSA) is 117 Å². The van der Waals surface area contributed by atoms with Gasteiger partial charge in [0.1, 0.15) is 11.8 Å². The normalized spacial score (nSPS) is 11.4. The number of hydrogen-bond donors (Lipinski definition) is 2. The second-order valence-corrected chi connectivity index (χ2v) is 3.96. The molecule has 0 saturated heterocycles. The van der Waals surface area contributed by atoms with Gasteiger partial charge in [-0.05, 0) is 19.1 Å². The van der Waals surface area contributed by atoms with Crippen LogP contribution in [0, 0.1) is 11.3 Å². The first kappa shape index (κ1) is 13.5. The molecule has 0 aliphatic carbocycles. The van der Waals surface area contributed by atoms with Crippen LogP contribution in [0.25, 0.3) is 0 Å². The molecule has 0 aliphatic rings. The number of aromatic amines is 1. The van der Waals surface area contributed by atoms with Gasteiger partial charge in [0.15, 0.2) is 12.4 Å². The number of nitrogens with one attached hydrogen (secondary N) is 2. The lowest BCUT2D eigenvalue weighted by molar-refractivity contribution is -0.123. The standard InChI is InChI=1S/C12H12N6O2/c1-8(12-15-17-18-16-12)14-11(19)7-20-10-5-3-2-4-9(10)6-13/h2-5,8H,7H2,1H3,(H,14,19)(H,15,16,17,18). The number of nitrogens with zero attached hydrogens (tertiary/aromatic N) is 4. The van der Waals surface area contributed by atoms with Crippen LogP contribution in [0.1, 0.15) is 24.4 Å². The monoisotopic (exact) mass is 272 g/mol. The van der Waals surface area contributed by atoms with Gasteiger partial charge in [0, 0.05) is 0 Å². The molecule has 0 bridgehead atoms. The number of para-hydroxylation sites is 1. The van der Waals surface area contributed by atoms with Gasteiger partial charge in [-0.2, -0.15) is 10.5 Å². The van der Waals surface area contributed by atoms with E-state index in [4.69, 9.17) is 10.00 Å². The molecule has 2 rings (SSSR count). The van der Waals surface area contributed by atoms with E-state index in [0.717, 1.165) is 0 Å². The van der Waals surface area contributed by atoms with Crippen molar-refractivity contribution in [2.45, 2.75) is 13.0 Å². The summed E-state index contributed by atoms with van der Waals surface area (Å²) in [4.78, 5) is 11.7. The Labute approximate surface area is 114 Å². The molecule has 1 amide bonds. The van der Waals surface area contributed by atoms with Crippen molar-refractivity contribution in [1.29, 1.82) is 5.26 Å². The summed E-state index contributed by atoms with van der Waals surface area (Å²) in [6.07, 6.45) is 0. The van der Waals surface area contributed by atoms with Crippen LogP contribution in [-0.2, 0) is 4.79 Å². The third kappa shape index (κ3) is 3.29. The minimum atomic E-state index is -0.379. The van der Waals surface area contributed by atoms with Crippen LogP contribution in [0.4, 0.5) is 0 Å². The second-order valence-electron chi connectivity index (χ2n) is 3.96. The lowest BCUT2D eigenvalue weighted by Gasteiger charge is -2.11. The van der Waals surface area contributed by atoms with E-state index in [9.17, 15) is 4.79 Å². The van der Waals surface area contributed by atoms with Crippen molar-refractivity contribution in [3.63, 3.8) is 0 Å². The Kier molecular flexibility index (Phi) is 4.24. The molecule has 1 aromatic heterocycles. The number of carbonyl (C=O) groups excluding carboxylic acids is 1. The summed E-state index contributed by atoms with van der Waals surface area (Å²) < 4.78 is 5.31. The smallest absolute Gasteiger partial charge is 0.258 e. The highest BCUT2D eigenvalue weighted by molar-refractivity contribution is 5.77. The molecule has 0 radical (unpaired) electrons. The lowest BCUT2D eigenvalue weighted by atomic mass is 10.2. The van der Waals surface area contributed by atoms with Crippen LogP contribution in [-0.4, -0.2) is 33.1 Å². The molecular weight excluding hydrogens is 260 g/mol. The fraction of sp³-hybridized carbons (Fsp3) is 0.250. The number of tetrazole rings is 1. The number of aromatic nitrogens is 4. The Morgan fingerprint density at radius 1 is 1.55 bits per heavy atom. The SMILES string of the molecule is CC(NC(=O)COc1ccccc1C#N)c1nn[nH]n1. The predicted molar refractivity (Wildman–Crippen MR) is 67.4 cm³/mol. The fourth-order valence-electron chi connectivity index (χ4n) is 1.53. The molecule has 1 atom stereocenters. The summed E-state index contributed by atoms with van der Waals surface area (Å²) in [7, 11) is 0. The van der Waals surface area contributed by atoms with Gasteiger partial charge >= 0.3 is 0 Å². The molecule has 0 fully saturated rings. The molecule has 8 nitrogen and oxygen atoms in total. The van der Waals surface area contributed by atoms with Crippen molar-refractivity contribution in [2.75, 3.05) is 6.61 Å². The highest BCUT2D eigenvalue weighted by Crippen LogP contribution is 2.16. The molecule has 8 heteroatoms.